The van der Waals surface area contributed by atoms with Crippen molar-refractivity contribution in [1.29, 1.82) is 0 Å². The van der Waals surface area contributed by atoms with Gasteiger partial charge in [0.15, 0.2) is 5.96 Å². The number of amides is 2. The van der Waals surface area contributed by atoms with Crippen LogP contribution in [-0.4, -0.2) is 74.6 Å². The van der Waals surface area contributed by atoms with Gasteiger partial charge in [0, 0.05) is 23.3 Å². The Bertz CT molecular complexity index is 1720. The Labute approximate surface area is 245 Å². The number of aromatic nitrogens is 4. The van der Waals surface area contributed by atoms with Crippen molar-refractivity contribution < 1.29 is 37.1 Å². The fourth-order valence-electron chi connectivity index (χ4n) is 4.50. The Morgan fingerprint density at radius 1 is 1.16 bits per heavy atom. The van der Waals surface area contributed by atoms with E-state index in [-0.39, 0.29) is 29.9 Å². The number of benzene rings is 2. The van der Waals surface area contributed by atoms with Gasteiger partial charge in [0.05, 0.1) is 60.7 Å². The molecule has 17 heteroatoms. The highest BCUT2D eigenvalue weighted by atomic mass is 19.4. The molecule has 0 bridgehead atoms. The first-order chi connectivity index (χ1) is 21.0. The molecule has 0 saturated heterocycles. The Morgan fingerprint density at radius 2 is 1.98 bits per heavy atom. The predicted molar refractivity (Wildman–Crippen MR) is 149 cm³/mol. The number of carboxylic acids is 1. The number of carbonyl (C=O) groups is 3. The standard InChI is InChI=1S/C27H25F4N9O4/c28-17-10-33-26(34-11-17)38-21-6-15(7-22-19(21)12-35-39-22)25(44)32-13-23(41)37-20(9-24(42)43)14-4-16(27(29,30)31)8-18(5-14)40-3-1-2-36-40/h1-8,12,17,20H,9-11,13H2,(H,32,44)(H,35,39)(H,37,41)(H,42,43)(H2,33,34,38)/t20-/m0/s1. The van der Waals surface area contributed by atoms with Gasteiger partial charge in [-0.1, -0.05) is 0 Å². The van der Waals surface area contributed by atoms with Crippen molar-refractivity contribution >= 4 is 40.3 Å². The molecule has 0 fully saturated rings. The number of rotatable bonds is 9. The largest absolute Gasteiger partial charge is 0.481 e. The molecule has 5 rings (SSSR count). The van der Waals surface area contributed by atoms with E-state index in [1.165, 1.54) is 47.5 Å². The zero-order chi connectivity index (χ0) is 31.4. The van der Waals surface area contributed by atoms with Crippen LogP contribution in [0.3, 0.4) is 0 Å². The second-order valence-electron chi connectivity index (χ2n) is 9.81. The summed E-state index contributed by atoms with van der Waals surface area (Å²) in [4.78, 5) is 41.5. The normalized spacial score (nSPS) is 15.6. The average molecular weight is 616 g/mol. The van der Waals surface area contributed by atoms with Gasteiger partial charge in [0.2, 0.25) is 5.91 Å². The third-order valence-electron chi connectivity index (χ3n) is 6.57. The van der Waals surface area contributed by atoms with Crippen LogP contribution in [0.25, 0.3) is 16.6 Å². The van der Waals surface area contributed by atoms with Gasteiger partial charge in [0.1, 0.15) is 6.17 Å². The van der Waals surface area contributed by atoms with Crippen LogP contribution in [0.5, 0.6) is 0 Å². The first kappa shape index (κ1) is 30.0. The highest BCUT2D eigenvalue weighted by molar-refractivity contribution is 6.07. The number of alkyl halides is 4. The number of aromatic amines is 1. The van der Waals surface area contributed by atoms with Crippen molar-refractivity contribution in [3.05, 3.63) is 71.7 Å². The van der Waals surface area contributed by atoms with E-state index in [4.69, 9.17) is 0 Å². The van der Waals surface area contributed by atoms with Gasteiger partial charge in [-0.05, 0) is 42.0 Å². The Morgan fingerprint density at radius 3 is 2.66 bits per heavy atom. The maximum Gasteiger partial charge on any atom is 0.416 e. The Hall–Kier alpha value is -5.48. The number of hydrogen-bond acceptors (Lipinski definition) is 8. The van der Waals surface area contributed by atoms with Crippen LogP contribution in [-0.2, 0) is 15.8 Å². The number of fused-ring (bicyclic) bond motifs is 1. The lowest BCUT2D eigenvalue weighted by Crippen LogP contribution is -2.41. The van der Waals surface area contributed by atoms with Crippen molar-refractivity contribution in [3.8, 4) is 5.69 Å². The molecule has 230 valence electrons. The molecule has 0 spiro atoms. The summed E-state index contributed by atoms with van der Waals surface area (Å²) in [5, 5.41) is 31.3. The Kier molecular flexibility index (Phi) is 8.45. The van der Waals surface area contributed by atoms with Crippen molar-refractivity contribution in [2.24, 2.45) is 4.99 Å². The molecule has 4 aromatic rings. The second-order valence-corrected chi connectivity index (χ2v) is 9.81. The fourth-order valence-corrected chi connectivity index (χ4v) is 4.50. The molecule has 44 heavy (non-hydrogen) atoms. The zero-order valence-electron chi connectivity index (χ0n) is 22.7. The van der Waals surface area contributed by atoms with E-state index in [0.717, 1.165) is 12.1 Å². The number of H-pyrrole nitrogens is 1. The van der Waals surface area contributed by atoms with Crippen molar-refractivity contribution in [3.63, 3.8) is 0 Å². The van der Waals surface area contributed by atoms with Gasteiger partial charge < -0.3 is 26.4 Å². The van der Waals surface area contributed by atoms with Gasteiger partial charge >= 0.3 is 12.1 Å². The van der Waals surface area contributed by atoms with E-state index < -0.39 is 54.7 Å². The number of halogens is 4. The highest BCUT2D eigenvalue weighted by Gasteiger charge is 2.33. The van der Waals surface area contributed by atoms with Gasteiger partial charge in [-0.2, -0.15) is 23.4 Å². The quantitative estimate of drug-likeness (QED) is 0.156. The number of anilines is 1. The molecule has 0 aliphatic carbocycles. The smallest absolute Gasteiger partial charge is 0.416 e. The van der Waals surface area contributed by atoms with E-state index in [1.807, 2.05) is 0 Å². The summed E-state index contributed by atoms with van der Waals surface area (Å²) in [6, 6.07) is 6.01. The van der Waals surface area contributed by atoms with Gasteiger partial charge in [-0.25, -0.2) is 14.1 Å². The summed E-state index contributed by atoms with van der Waals surface area (Å²) >= 11 is 0. The lowest BCUT2D eigenvalue weighted by atomic mass is 9.99. The van der Waals surface area contributed by atoms with Crippen LogP contribution in [0.1, 0.15) is 33.9 Å². The lowest BCUT2D eigenvalue weighted by Gasteiger charge is -2.21. The van der Waals surface area contributed by atoms with E-state index >= 15 is 0 Å². The molecule has 0 saturated carbocycles. The van der Waals surface area contributed by atoms with Crippen molar-refractivity contribution in [2.75, 3.05) is 25.0 Å². The Balaban J connectivity index is 1.32. The molecule has 3 heterocycles. The predicted octanol–water partition coefficient (Wildman–Crippen LogP) is 2.54. The molecule has 2 amide bonds. The van der Waals surface area contributed by atoms with Crippen LogP contribution in [0.4, 0.5) is 23.2 Å². The molecule has 2 aromatic carbocycles. The topological polar surface area (TPSA) is 178 Å². The summed E-state index contributed by atoms with van der Waals surface area (Å²) in [6.45, 7) is -0.591. The molecule has 6 N–H and O–H groups in total. The number of nitrogens with one attached hydrogen (secondary N) is 5. The minimum absolute atomic E-state index is 0.00952. The molecule has 1 aliphatic rings. The van der Waals surface area contributed by atoms with E-state index in [2.05, 4.69) is 41.6 Å². The number of hydrogen-bond donors (Lipinski definition) is 6. The number of nitrogens with zero attached hydrogens (tertiary/aromatic N) is 4. The summed E-state index contributed by atoms with van der Waals surface area (Å²) in [5.74, 6) is -2.60. The summed E-state index contributed by atoms with van der Waals surface area (Å²) in [7, 11) is 0. The van der Waals surface area contributed by atoms with Crippen LogP contribution in [0.2, 0.25) is 0 Å². The minimum Gasteiger partial charge on any atom is -0.481 e. The molecule has 0 radical (unpaired) electrons. The highest BCUT2D eigenvalue weighted by Crippen LogP contribution is 2.33. The number of aliphatic imine (C=N–C) groups is 1. The molecule has 1 aliphatic heterocycles. The first-order valence-electron chi connectivity index (χ1n) is 13.1. The number of carbonyl (C=O) groups excluding carboxylic acids is 2. The van der Waals surface area contributed by atoms with E-state index in [0.29, 0.717) is 22.5 Å². The molecular weight excluding hydrogens is 590 g/mol. The maximum absolute atomic E-state index is 13.7. The molecule has 13 nitrogen and oxygen atoms in total. The van der Waals surface area contributed by atoms with Crippen LogP contribution >= 0.6 is 0 Å². The summed E-state index contributed by atoms with van der Waals surface area (Å²) in [6.07, 6.45) is -2.32. The summed E-state index contributed by atoms with van der Waals surface area (Å²) < 4.78 is 55.6. The van der Waals surface area contributed by atoms with Gasteiger partial charge in [-0.3, -0.25) is 19.5 Å². The SMILES string of the molecule is O=C(O)C[C@H](NC(=O)CNC(=O)c1cc(NC2=NCC(F)CN2)c2cn[nH]c2c1)c1cc(-n2cccn2)cc(C(F)(F)F)c1. The van der Waals surface area contributed by atoms with Gasteiger partial charge in [-0.15, -0.1) is 0 Å². The molecular formula is C27H25F4N9O4. The van der Waals surface area contributed by atoms with Crippen LogP contribution in [0.15, 0.2) is 60.0 Å². The number of aliphatic carboxylic acids is 1. The molecule has 2 atom stereocenters. The molecule has 2 aromatic heterocycles. The monoisotopic (exact) mass is 615 g/mol. The maximum atomic E-state index is 13.7. The fraction of sp³-hybridized carbons (Fsp3) is 0.259. The van der Waals surface area contributed by atoms with E-state index in [1.54, 1.807) is 0 Å². The third kappa shape index (κ3) is 7.11. The van der Waals surface area contributed by atoms with Crippen LogP contribution < -0.4 is 21.3 Å². The van der Waals surface area contributed by atoms with E-state index in [9.17, 15) is 37.1 Å². The van der Waals surface area contributed by atoms with Crippen molar-refractivity contribution in [1.82, 2.24) is 35.9 Å². The number of carboxylic acid groups (broad SMARTS) is 1. The lowest BCUT2D eigenvalue weighted by molar-refractivity contribution is -0.138. The van der Waals surface area contributed by atoms with Crippen molar-refractivity contribution in [2.45, 2.75) is 24.8 Å². The number of guanidine groups is 1. The second kappa shape index (κ2) is 12.4. The zero-order valence-corrected chi connectivity index (χ0v) is 22.7. The van der Waals surface area contributed by atoms with Crippen LogP contribution in [0, 0.1) is 0 Å². The van der Waals surface area contributed by atoms with Gasteiger partial charge in [0.25, 0.3) is 5.91 Å². The summed E-state index contributed by atoms with van der Waals surface area (Å²) in [5.41, 5.74) is -0.157. The third-order valence-corrected chi connectivity index (χ3v) is 6.57. The minimum atomic E-state index is -4.76. The average Bonchev–Trinajstić information content (AvgIpc) is 3.69. The molecule has 1 unspecified atom stereocenters. The first-order valence-corrected chi connectivity index (χ1v) is 13.1.